The van der Waals surface area contributed by atoms with Crippen LogP contribution < -0.4 is 5.32 Å². The van der Waals surface area contributed by atoms with Crippen LogP contribution in [0.2, 0.25) is 0 Å². The number of thioether (sulfide) groups is 1. The van der Waals surface area contributed by atoms with Gasteiger partial charge in [-0.25, -0.2) is 0 Å². The molecule has 17 heavy (non-hydrogen) atoms. The highest BCUT2D eigenvalue weighted by molar-refractivity contribution is 7.99. The molecule has 1 nitrogen and oxygen atoms in total. The van der Waals surface area contributed by atoms with E-state index < -0.39 is 0 Å². The van der Waals surface area contributed by atoms with E-state index in [9.17, 15) is 0 Å². The lowest BCUT2D eigenvalue weighted by molar-refractivity contribution is 0.456. The summed E-state index contributed by atoms with van der Waals surface area (Å²) in [6.07, 6.45) is 1.26. The number of hydrogen-bond acceptors (Lipinski definition) is 2. The Bertz CT molecular complexity index is 322. The van der Waals surface area contributed by atoms with Crippen molar-refractivity contribution < 1.29 is 0 Å². The van der Waals surface area contributed by atoms with Crippen molar-refractivity contribution in [3.05, 3.63) is 29.8 Å². The van der Waals surface area contributed by atoms with Gasteiger partial charge in [-0.2, -0.15) is 0 Å². The lowest BCUT2D eigenvalue weighted by atomic mass is 10.1. The average Bonchev–Trinajstić information content (AvgIpc) is 2.27. The van der Waals surface area contributed by atoms with E-state index in [1.54, 1.807) is 0 Å². The third-order valence-electron chi connectivity index (χ3n) is 2.78. The van der Waals surface area contributed by atoms with E-state index in [4.69, 9.17) is 0 Å². The van der Waals surface area contributed by atoms with Gasteiger partial charge in [0.05, 0.1) is 0 Å². The first-order valence-corrected chi connectivity index (χ1v) is 7.53. The van der Waals surface area contributed by atoms with E-state index >= 15 is 0 Å². The van der Waals surface area contributed by atoms with Gasteiger partial charge in [0.1, 0.15) is 0 Å². The van der Waals surface area contributed by atoms with Crippen LogP contribution in [0.5, 0.6) is 0 Å². The molecule has 0 bridgehead atoms. The Kier molecular flexibility index (Phi) is 6.68. The number of hydrogen-bond donors (Lipinski definition) is 1. The van der Waals surface area contributed by atoms with Gasteiger partial charge in [-0.05, 0) is 37.4 Å². The fraction of sp³-hybridized carbons (Fsp3) is 0.600. The Morgan fingerprint density at radius 3 is 2.53 bits per heavy atom. The molecule has 1 N–H and O–H groups in total. The van der Waals surface area contributed by atoms with Gasteiger partial charge in [0, 0.05) is 16.7 Å². The number of benzene rings is 1. The summed E-state index contributed by atoms with van der Waals surface area (Å²) in [5.41, 5.74) is 1.39. The summed E-state index contributed by atoms with van der Waals surface area (Å²) in [4.78, 5) is 1.42. The Hall–Kier alpha value is -0.470. The molecule has 1 atom stereocenters. The molecule has 0 aliphatic rings. The zero-order valence-electron chi connectivity index (χ0n) is 11.5. The molecule has 0 fully saturated rings. The van der Waals surface area contributed by atoms with Crippen molar-refractivity contribution in [2.45, 2.75) is 45.1 Å². The van der Waals surface area contributed by atoms with Gasteiger partial charge in [-0.3, -0.25) is 0 Å². The van der Waals surface area contributed by atoms with Crippen LogP contribution in [0.3, 0.4) is 0 Å². The van der Waals surface area contributed by atoms with Gasteiger partial charge in [0.15, 0.2) is 0 Å². The van der Waals surface area contributed by atoms with Gasteiger partial charge >= 0.3 is 0 Å². The van der Waals surface area contributed by atoms with Crippen molar-refractivity contribution in [3.63, 3.8) is 0 Å². The average molecular weight is 251 g/mol. The highest BCUT2D eigenvalue weighted by atomic mass is 32.2. The van der Waals surface area contributed by atoms with Crippen LogP contribution in [-0.2, 0) is 0 Å². The van der Waals surface area contributed by atoms with Crippen LogP contribution in [0.25, 0.3) is 0 Å². The fourth-order valence-corrected chi connectivity index (χ4v) is 3.08. The number of aryl methyl sites for hydroxylation is 1. The van der Waals surface area contributed by atoms with Crippen molar-refractivity contribution in [1.29, 1.82) is 0 Å². The lowest BCUT2D eigenvalue weighted by Gasteiger charge is -2.19. The summed E-state index contributed by atoms with van der Waals surface area (Å²) in [5, 5.41) is 3.58. The maximum absolute atomic E-state index is 3.58. The quantitative estimate of drug-likeness (QED) is 0.732. The van der Waals surface area contributed by atoms with Gasteiger partial charge < -0.3 is 5.32 Å². The minimum Gasteiger partial charge on any atom is -0.313 e. The van der Waals surface area contributed by atoms with Gasteiger partial charge in [-0.15, -0.1) is 11.8 Å². The van der Waals surface area contributed by atoms with Crippen LogP contribution >= 0.6 is 11.8 Å². The van der Waals surface area contributed by atoms with Gasteiger partial charge in [-0.1, -0.05) is 39.0 Å². The standard InChI is InChI=1S/C15H25NS/c1-5-16-14(10-12(2)3)11-17-15-9-7-6-8-13(15)4/h6-9,12,14,16H,5,10-11H2,1-4H3. The third-order valence-corrected chi connectivity index (χ3v) is 4.12. The van der Waals surface area contributed by atoms with Crippen LogP contribution in [0.4, 0.5) is 0 Å². The second-order valence-corrected chi connectivity index (χ2v) is 6.02. The summed E-state index contributed by atoms with van der Waals surface area (Å²) in [7, 11) is 0. The second kappa shape index (κ2) is 7.78. The Morgan fingerprint density at radius 1 is 1.24 bits per heavy atom. The summed E-state index contributed by atoms with van der Waals surface area (Å²) in [6, 6.07) is 9.27. The SMILES string of the molecule is CCNC(CSc1ccccc1C)CC(C)C. The summed E-state index contributed by atoms with van der Waals surface area (Å²) < 4.78 is 0. The molecular formula is C15H25NS. The molecule has 2 heteroatoms. The topological polar surface area (TPSA) is 12.0 Å². The van der Waals surface area contributed by atoms with Crippen molar-refractivity contribution >= 4 is 11.8 Å². The largest absolute Gasteiger partial charge is 0.313 e. The van der Waals surface area contributed by atoms with Crippen molar-refractivity contribution in [2.75, 3.05) is 12.3 Å². The molecule has 96 valence electrons. The molecule has 0 amide bonds. The first kappa shape index (κ1) is 14.6. The monoisotopic (exact) mass is 251 g/mol. The molecule has 0 radical (unpaired) electrons. The molecule has 1 aromatic rings. The molecular weight excluding hydrogens is 226 g/mol. The van der Waals surface area contributed by atoms with E-state index in [0.29, 0.717) is 6.04 Å². The van der Waals surface area contributed by atoms with Crippen LogP contribution in [0, 0.1) is 12.8 Å². The third kappa shape index (κ3) is 5.60. The molecule has 0 saturated carbocycles. The molecule has 0 aliphatic carbocycles. The van der Waals surface area contributed by atoms with E-state index in [1.165, 1.54) is 16.9 Å². The molecule has 0 heterocycles. The highest BCUT2D eigenvalue weighted by Gasteiger charge is 2.10. The summed E-state index contributed by atoms with van der Waals surface area (Å²) >= 11 is 1.97. The van der Waals surface area contributed by atoms with Gasteiger partial charge in [0.2, 0.25) is 0 Å². The van der Waals surface area contributed by atoms with Gasteiger partial charge in [0.25, 0.3) is 0 Å². The molecule has 1 unspecified atom stereocenters. The molecule has 1 rings (SSSR count). The van der Waals surface area contributed by atoms with Crippen LogP contribution in [-0.4, -0.2) is 18.3 Å². The molecule has 0 saturated heterocycles. The van der Waals surface area contributed by atoms with Crippen molar-refractivity contribution in [2.24, 2.45) is 5.92 Å². The molecule has 0 spiro atoms. The predicted octanol–water partition coefficient (Wildman–Crippen LogP) is 4.11. The first-order valence-electron chi connectivity index (χ1n) is 6.55. The smallest absolute Gasteiger partial charge is 0.0164 e. The van der Waals surface area contributed by atoms with E-state index in [1.807, 2.05) is 11.8 Å². The lowest BCUT2D eigenvalue weighted by Crippen LogP contribution is -2.32. The Balaban J connectivity index is 2.48. The summed E-state index contributed by atoms with van der Waals surface area (Å²) in [5.74, 6) is 1.92. The predicted molar refractivity (Wildman–Crippen MR) is 78.8 cm³/mol. The van der Waals surface area contributed by atoms with E-state index in [2.05, 4.69) is 57.3 Å². The van der Waals surface area contributed by atoms with Crippen molar-refractivity contribution in [3.8, 4) is 0 Å². The van der Waals surface area contributed by atoms with E-state index in [-0.39, 0.29) is 0 Å². The zero-order valence-corrected chi connectivity index (χ0v) is 12.3. The maximum atomic E-state index is 3.58. The molecule has 0 aromatic heterocycles. The summed E-state index contributed by atoms with van der Waals surface area (Å²) in [6.45, 7) is 10.0. The van der Waals surface area contributed by atoms with Crippen LogP contribution in [0.1, 0.15) is 32.8 Å². The normalized spacial score (nSPS) is 13.0. The van der Waals surface area contributed by atoms with Crippen molar-refractivity contribution in [1.82, 2.24) is 5.32 Å². The number of nitrogens with one attached hydrogen (secondary N) is 1. The minimum absolute atomic E-state index is 0.629. The minimum atomic E-state index is 0.629. The molecule has 0 aliphatic heterocycles. The zero-order chi connectivity index (χ0) is 12.7. The first-order chi connectivity index (χ1) is 8.13. The number of rotatable bonds is 7. The second-order valence-electron chi connectivity index (χ2n) is 4.96. The maximum Gasteiger partial charge on any atom is 0.0164 e. The van der Waals surface area contributed by atoms with E-state index in [0.717, 1.165) is 18.2 Å². The fourth-order valence-electron chi connectivity index (χ4n) is 1.98. The molecule has 1 aromatic carbocycles. The Labute approximate surface area is 110 Å². The Morgan fingerprint density at radius 2 is 1.94 bits per heavy atom. The highest BCUT2D eigenvalue weighted by Crippen LogP contribution is 2.23. The van der Waals surface area contributed by atoms with Crippen LogP contribution in [0.15, 0.2) is 29.2 Å².